The summed E-state index contributed by atoms with van der Waals surface area (Å²) in [6.07, 6.45) is 2.83. The molecule has 0 aliphatic carbocycles. The molecular weight excluding hydrogens is 538 g/mol. The van der Waals surface area contributed by atoms with E-state index in [1.807, 2.05) is 55.1 Å². The van der Waals surface area contributed by atoms with E-state index in [9.17, 15) is 9.59 Å². The van der Waals surface area contributed by atoms with Gasteiger partial charge in [-0.2, -0.15) is 0 Å². The molecule has 3 aliphatic heterocycles. The first-order valence-electron chi connectivity index (χ1n) is 15.8. The van der Waals surface area contributed by atoms with Crippen LogP contribution in [0, 0.1) is 12.8 Å². The quantitative estimate of drug-likeness (QED) is 0.353. The number of hydrogen-bond acceptors (Lipinski definition) is 5. The molecule has 0 radical (unpaired) electrons. The molecule has 3 aromatic rings. The molecule has 3 aliphatic rings. The zero-order valence-corrected chi connectivity index (χ0v) is 25.6. The minimum Gasteiger partial charge on any atom is -0.490 e. The number of ether oxygens (including phenoxy) is 2. The predicted octanol–water partition coefficient (Wildman–Crippen LogP) is 5.66. The number of carbonyl (C=O) groups excluding carboxylic acids is 2. The molecule has 3 aromatic carbocycles. The summed E-state index contributed by atoms with van der Waals surface area (Å²) in [6.45, 7) is 11.3. The van der Waals surface area contributed by atoms with Crippen molar-refractivity contribution < 1.29 is 19.1 Å². The van der Waals surface area contributed by atoms with Crippen molar-refractivity contribution in [1.29, 1.82) is 0 Å². The van der Waals surface area contributed by atoms with Crippen LogP contribution in [0.15, 0.2) is 60.7 Å². The Kier molecular flexibility index (Phi) is 8.70. The summed E-state index contributed by atoms with van der Waals surface area (Å²) >= 11 is 0. The number of piperidine rings is 1. The third-order valence-corrected chi connectivity index (χ3v) is 9.23. The number of nitrogens with one attached hydrogen (secondary N) is 1. The number of benzene rings is 3. The van der Waals surface area contributed by atoms with E-state index in [2.05, 4.69) is 41.4 Å². The Hall–Kier alpha value is -3.84. The van der Waals surface area contributed by atoms with E-state index in [4.69, 9.17) is 9.47 Å². The van der Waals surface area contributed by atoms with Crippen LogP contribution in [-0.4, -0.2) is 61.0 Å². The molecule has 1 saturated heterocycles. The Morgan fingerprint density at radius 3 is 2.40 bits per heavy atom. The molecule has 2 atom stereocenters. The van der Waals surface area contributed by atoms with Crippen molar-refractivity contribution in [2.24, 2.45) is 5.92 Å². The second kappa shape index (κ2) is 12.8. The van der Waals surface area contributed by atoms with Gasteiger partial charge >= 0.3 is 0 Å². The zero-order valence-electron chi connectivity index (χ0n) is 25.6. The molecule has 3 heterocycles. The van der Waals surface area contributed by atoms with E-state index in [-0.39, 0.29) is 11.8 Å². The van der Waals surface area contributed by atoms with E-state index in [0.717, 1.165) is 49.2 Å². The summed E-state index contributed by atoms with van der Waals surface area (Å²) in [4.78, 5) is 32.3. The fraction of sp³-hybridized carbons (Fsp3) is 0.444. The topological polar surface area (TPSA) is 71.1 Å². The summed E-state index contributed by atoms with van der Waals surface area (Å²) in [7, 11) is 0. The maximum Gasteiger partial charge on any atom is 0.254 e. The molecule has 2 amide bonds. The highest BCUT2D eigenvalue weighted by Crippen LogP contribution is 2.48. The van der Waals surface area contributed by atoms with Crippen LogP contribution in [-0.2, 0) is 17.8 Å². The Morgan fingerprint density at radius 1 is 0.907 bits per heavy atom. The van der Waals surface area contributed by atoms with Gasteiger partial charge in [-0.25, -0.2) is 0 Å². The van der Waals surface area contributed by atoms with Crippen molar-refractivity contribution in [3.8, 4) is 11.5 Å². The zero-order chi connectivity index (χ0) is 29.9. The highest BCUT2D eigenvalue weighted by molar-refractivity contribution is 6.01. The third kappa shape index (κ3) is 6.00. The van der Waals surface area contributed by atoms with Crippen molar-refractivity contribution in [2.45, 2.75) is 58.5 Å². The smallest absolute Gasteiger partial charge is 0.254 e. The lowest BCUT2D eigenvalue weighted by atomic mass is 9.75. The van der Waals surface area contributed by atoms with Crippen LogP contribution in [0.4, 0.5) is 0 Å². The van der Waals surface area contributed by atoms with Gasteiger partial charge in [0.25, 0.3) is 5.91 Å². The van der Waals surface area contributed by atoms with E-state index in [1.54, 1.807) is 0 Å². The van der Waals surface area contributed by atoms with Gasteiger partial charge in [-0.05, 0) is 99.5 Å². The van der Waals surface area contributed by atoms with E-state index < -0.39 is 12.0 Å². The fourth-order valence-corrected chi connectivity index (χ4v) is 7.13. The average Bonchev–Trinajstić information content (AvgIpc) is 3.01. The highest BCUT2D eigenvalue weighted by Gasteiger charge is 2.46. The lowest BCUT2D eigenvalue weighted by Gasteiger charge is -2.45. The van der Waals surface area contributed by atoms with Crippen molar-refractivity contribution in [2.75, 3.05) is 39.4 Å². The first-order chi connectivity index (χ1) is 21.0. The Balaban J connectivity index is 1.21. The maximum absolute atomic E-state index is 14.2. The molecule has 1 N–H and O–H groups in total. The number of hydrogen-bond donors (Lipinski definition) is 1. The molecule has 0 aromatic heterocycles. The van der Waals surface area contributed by atoms with Gasteiger partial charge in [0, 0.05) is 25.2 Å². The molecule has 226 valence electrons. The van der Waals surface area contributed by atoms with Gasteiger partial charge in [-0.15, -0.1) is 0 Å². The highest BCUT2D eigenvalue weighted by atomic mass is 16.5. The number of carbonyl (C=O) groups is 2. The lowest BCUT2D eigenvalue weighted by Crippen LogP contribution is -2.50. The third-order valence-electron chi connectivity index (χ3n) is 9.23. The Bertz CT molecular complexity index is 1480. The molecule has 7 nitrogen and oxygen atoms in total. The number of fused-ring (bicyclic) bond motifs is 4. The Morgan fingerprint density at radius 2 is 1.65 bits per heavy atom. The summed E-state index contributed by atoms with van der Waals surface area (Å²) < 4.78 is 11.9. The molecule has 0 saturated carbocycles. The molecule has 6 rings (SSSR count). The van der Waals surface area contributed by atoms with Crippen LogP contribution in [0.3, 0.4) is 0 Å². The fourth-order valence-electron chi connectivity index (χ4n) is 7.13. The standard InChI is InChI=1S/C36H43N3O4/c1-4-42-31-20-27-15-18-39-34(30(27)21-32(31)43-5-2)33(28-11-6-7-12-29(28)36(39)41)35(40)37-22-25-13-16-38(17-14-25)23-26-10-8-9-24(3)19-26/h6-12,19-21,25,33-34H,4-5,13-18,22-23H2,1-3H3,(H,37,40)/t33-,34-/m0/s1. The predicted molar refractivity (Wildman–Crippen MR) is 168 cm³/mol. The van der Waals surface area contributed by atoms with E-state index in [0.29, 0.717) is 55.7 Å². The molecule has 0 bridgehead atoms. The Labute approximate surface area is 255 Å². The molecule has 7 heteroatoms. The molecule has 0 unspecified atom stereocenters. The van der Waals surface area contributed by atoms with Crippen LogP contribution in [0.1, 0.15) is 76.8 Å². The normalized spacial score (nSPS) is 20.2. The van der Waals surface area contributed by atoms with Gasteiger partial charge in [0.2, 0.25) is 5.91 Å². The average molecular weight is 582 g/mol. The number of likely N-dealkylation sites (tertiary alicyclic amines) is 1. The second-order valence-corrected chi connectivity index (χ2v) is 12.1. The first-order valence-corrected chi connectivity index (χ1v) is 15.8. The van der Waals surface area contributed by atoms with E-state index in [1.165, 1.54) is 11.1 Å². The van der Waals surface area contributed by atoms with Crippen LogP contribution in [0.25, 0.3) is 0 Å². The van der Waals surface area contributed by atoms with Gasteiger partial charge in [-0.3, -0.25) is 14.5 Å². The lowest BCUT2D eigenvalue weighted by molar-refractivity contribution is -0.124. The number of rotatable bonds is 9. The van der Waals surface area contributed by atoms with E-state index >= 15 is 0 Å². The summed E-state index contributed by atoms with van der Waals surface area (Å²) in [6, 6.07) is 20.0. The number of nitrogens with zero attached hydrogens (tertiary/aromatic N) is 2. The monoisotopic (exact) mass is 581 g/mol. The van der Waals surface area contributed by atoms with Gasteiger partial charge in [0.05, 0.1) is 25.2 Å². The largest absolute Gasteiger partial charge is 0.490 e. The van der Waals surface area contributed by atoms with Crippen LogP contribution < -0.4 is 14.8 Å². The van der Waals surface area contributed by atoms with Crippen LogP contribution >= 0.6 is 0 Å². The van der Waals surface area contributed by atoms with Crippen molar-refractivity contribution in [3.63, 3.8) is 0 Å². The molecular formula is C36H43N3O4. The second-order valence-electron chi connectivity index (χ2n) is 12.1. The summed E-state index contributed by atoms with van der Waals surface area (Å²) in [5.41, 5.74) is 6.17. The van der Waals surface area contributed by atoms with Crippen molar-refractivity contribution in [3.05, 3.63) is 94.0 Å². The van der Waals surface area contributed by atoms with Crippen molar-refractivity contribution >= 4 is 11.8 Å². The van der Waals surface area contributed by atoms with Gasteiger partial charge in [-0.1, -0.05) is 48.0 Å². The molecule has 1 fully saturated rings. The first kappa shape index (κ1) is 29.2. The van der Waals surface area contributed by atoms with Gasteiger partial charge in [0.15, 0.2) is 11.5 Å². The molecule has 0 spiro atoms. The van der Waals surface area contributed by atoms with Crippen LogP contribution in [0.2, 0.25) is 0 Å². The minimum atomic E-state index is -0.498. The number of amides is 2. The van der Waals surface area contributed by atoms with Crippen LogP contribution in [0.5, 0.6) is 11.5 Å². The SMILES string of the molecule is CCOc1cc2c(cc1OCC)[C@H]1[C@@H](C(=O)NCC3CCN(Cc4cccc(C)c4)CC3)c3ccccc3C(=O)N1CC2. The number of aryl methyl sites for hydroxylation is 1. The van der Waals surface area contributed by atoms with Crippen molar-refractivity contribution in [1.82, 2.24) is 15.1 Å². The minimum absolute atomic E-state index is 0.0110. The maximum atomic E-state index is 14.2. The summed E-state index contributed by atoms with van der Waals surface area (Å²) in [5.74, 6) is 1.29. The summed E-state index contributed by atoms with van der Waals surface area (Å²) in [5, 5.41) is 3.33. The van der Waals surface area contributed by atoms with Gasteiger partial charge < -0.3 is 19.7 Å². The molecule has 43 heavy (non-hydrogen) atoms. The van der Waals surface area contributed by atoms with Gasteiger partial charge in [0.1, 0.15) is 0 Å².